The van der Waals surface area contributed by atoms with E-state index in [1.807, 2.05) is 6.92 Å². The van der Waals surface area contributed by atoms with Crippen LogP contribution in [0.5, 0.6) is 0 Å². The molecule has 2 heterocycles. The first kappa shape index (κ1) is 15.8. The summed E-state index contributed by atoms with van der Waals surface area (Å²) in [7, 11) is 0. The van der Waals surface area contributed by atoms with Gasteiger partial charge < -0.3 is 15.0 Å². The molecule has 0 aromatic rings. The van der Waals surface area contributed by atoms with Crippen LogP contribution in [0.25, 0.3) is 0 Å². The van der Waals surface area contributed by atoms with Gasteiger partial charge in [0.25, 0.3) is 0 Å². The van der Waals surface area contributed by atoms with Gasteiger partial charge in [0, 0.05) is 19.1 Å². The van der Waals surface area contributed by atoms with Crippen molar-refractivity contribution >= 4 is 5.91 Å². The zero-order valence-corrected chi connectivity index (χ0v) is 13.4. The van der Waals surface area contributed by atoms with E-state index in [1.165, 1.54) is 6.42 Å². The summed E-state index contributed by atoms with van der Waals surface area (Å²) in [5, 5.41) is 3.55. The van der Waals surface area contributed by atoms with E-state index in [1.54, 1.807) is 0 Å². The lowest BCUT2D eigenvalue weighted by Gasteiger charge is -2.36. The van der Waals surface area contributed by atoms with Gasteiger partial charge >= 0.3 is 0 Å². The number of carbonyl (C=O) groups excluding carboxylic acids is 1. The van der Waals surface area contributed by atoms with Crippen molar-refractivity contribution in [2.75, 3.05) is 19.6 Å². The number of hydrogen-bond acceptors (Lipinski definition) is 3. The highest BCUT2D eigenvalue weighted by atomic mass is 16.5. The maximum absolute atomic E-state index is 12.8. The lowest BCUT2D eigenvalue weighted by Crippen LogP contribution is -2.51. The molecule has 2 aliphatic heterocycles. The molecular weight excluding hydrogens is 252 g/mol. The Balaban J connectivity index is 1.94. The summed E-state index contributed by atoms with van der Waals surface area (Å²) >= 11 is 0. The van der Waals surface area contributed by atoms with Gasteiger partial charge in [-0.05, 0) is 45.6 Å². The highest BCUT2D eigenvalue weighted by molar-refractivity contribution is 5.80. The van der Waals surface area contributed by atoms with E-state index >= 15 is 0 Å². The van der Waals surface area contributed by atoms with Gasteiger partial charge in [0.05, 0.1) is 18.1 Å². The summed E-state index contributed by atoms with van der Waals surface area (Å²) in [5.74, 6) is 0.661. The van der Waals surface area contributed by atoms with E-state index in [2.05, 4.69) is 31.0 Å². The molecular formula is C16H30N2O2. The highest BCUT2D eigenvalue weighted by Gasteiger charge is 2.43. The summed E-state index contributed by atoms with van der Waals surface area (Å²) in [4.78, 5) is 14.9. The summed E-state index contributed by atoms with van der Waals surface area (Å²) in [5.41, 5.74) is 0. The topological polar surface area (TPSA) is 41.6 Å². The number of amides is 1. The lowest BCUT2D eigenvalue weighted by atomic mass is 9.87. The third kappa shape index (κ3) is 3.34. The number of nitrogens with zero attached hydrogens (tertiary/aromatic N) is 1. The van der Waals surface area contributed by atoms with Gasteiger partial charge in [-0.15, -0.1) is 0 Å². The standard InChI is InChI=1S/C16H30N2O2/c1-5-8-17-14-7-6-9-18(10-14)16(19)15-11(2)12(3)20-13(15)4/h11-15,17H,5-10H2,1-4H3. The maximum atomic E-state index is 12.8. The van der Waals surface area contributed by atoms with Crippen LogP contribution >= 0.6 is 0 Å². The zero-order chi connectivity index (χ0) is 14.7. The largest absolute Gasteiger partial charge is 0.374 e. The number of nitrogens with one attached hydrogen (secondary N) is 1. The summed E-state index contributed by atoms with van der Waals surface area (Å²) < 4.78 is 5.83. The van der Waals surface area contributed by atoms with Crippen LogP contribution in [-0.2, 0) is 9.53 Å². The van der Waals surface area contributed by atoms with Gasteiger partial charge in [-0.25, -0.2) is 0 Å². The van der Waals surface area contributed by atoms with E-state index in [4.69, 9.17) is 4.74 Å². The number of piperidine rings is 1. The van der Waals surface area contributed by atoms with E-state index in [0.717, 1.165) is 32.5 Å². The predicted octanol–water partition coefficient (Wildman–Crippen LogP) is 2.04. The molecule has 116 valence electrons. The van der Waals surface area contributed by atoms with E-state index < -0.39 is 0 Å². The molecule has 0 spiro atoms. The van der Waals surface area contributed by atoms with Gasteiger partial charge in [-0.1, -0.05) is 13.8 Å². The molecule has 20 heavy (non-hydrogen) atoms. The second-order valence-electron chi connectivity index (χ2n) is 6.51. The quantitative estimate of drug-likeness (QED) is 0.858. The fraction of sp³-hybridized carbons (Fsp3) is 0.938. The zero-order valence-electron chi connectivity index (χ0n) is 13.4. The average molecular weight is 282 g/mol. The molecule has 5 atom stereocenters. The molecule has 0 radical (unpaired) electrons. The maximum Gasteiger partial charge on any atom is 0.228 e. The third-order valence-corrected chi connectivity index (χ3v) is 4.94. The van der Waals surface area contributed by atoms with Crippen LogP contribution in [0.3, 0.4) is 0 Å². The second-order valence-corrected chi connectivity index (χ2v) is 6.51. The predicted molar refractivity (Wildman–Crippen MR) is 80.6 cm³/mol. The van der Waals surface area contributed by atoms with Crippen LogP contribution in [0.1, 0.15) is 47.0 Å². The summed E-state index contributed by atoms with van der Waals surface area (Å²) in [6.45, 7) is 11.3. The van der Waals surface area contributed by atoms with Gasteiger partial charge in [0.1, 0.15) is 0 Å². The van der Waals surface area contributed by atoms with Crippen molar-refractivity contribution in [3.8, 4) is 0 Å². The molecule has 0 aromatic carbocycles. The SMILES string of the molecule is CCCNC1CCCN(C(=O)C2C(C)OC(C)C2C)C1. The van der Waals surface area contributed by atoms with Crippen molar-refractivity contribution < 1.29 is 9.53 Å². The normalized spacial score (nSPS) is 38.2. The van der Waals surface area contributed by atoms with Crippen LogP contribution in [0.15, 0.2) is 0 Å². The third-order valence-electron chi connectivity index (χ3n) is 4.94. The van der Waals surface area contributed by atoms with Crippen LogP contribution in [0, 0.1) is 11.8 Å². The minimum atomic E-state index is 0.0370. The smallest absolute Gasteiger partial charge is 0.228 e. The van der Waals surface area contributed by atoms with E-state index in [0.29, 0.717) is 17.9 Å². The molecule has 0 saturated carbocycles. The highest BCUT2D eigenvalue weighted by Crippen LogP contribution is 2.34. The van der Waals surface area contributed by atoms with Crippen molar-refractivity contribution in [2.24, 2.45) is 11.8 Å². The Labute approximate surface area is 123 Å². The molecule has 4 nitrogen and oxygen atoms in total. The van der Waals surface area contributed by atoms with Gasteiger partial charge in [0.2, 0.25) is 5.91 Å². The first-order chi connectivity index (χ1) is 9.54. The van der Waals surface area contributed by atoms with Crippen molar-refractivity contribution in [3.05, 3.63) is 0 Å². The molecule has 2 fully saturated rings. The van der Waals surface area contributed by atoms with E-state index in [9.17, 15) is 4.79 Å². The Bertz CT molecular complexity index is 334. The molecule has 0 aromatic heterocycles. The Morgan fingerprint density at radius 2 is 2.05 bits per heavy atom. The van der Waals surface area contributed by atoms with Gasteiger partial charge in [0.15, 0.2) is 0 Å². The molecule has 0 aliphatic carbocycles. The van der Waals surface area contributed by atoms with E-state index in [-0.39, 0.29) is 18.1 Å². The molecule has 2 saturated heterocycles. The minimum absolute atomic E-state index is 0.0370. The van der Waals surface area contributed by atoms with Crippen LogP contribution in [0.2, 0.25) is 0 Å². The van der Waals surface area contributed by atoms with Crippen molar-refractivity contribution in [1.82, 2.24) is 10.2 Å². The Morgan fingerprint density at radius 1 is 1.30 bits per heavy atom. The first-order valence-corrected chi connectivity index (χ1v) is 8.22. The fourth-order valence-electron chi connectivity index (χ4n) is 3.60. The Kier molecular flexibility index (Phi) is 5.44. The van der Waals surface area contributed by atoms with Crippen LogP contribution < -0.4 is 5.32 Å². The van der Waals surface area contributed by atoms with Crippen molar-refractivity contribution in [1.29, 1.82) is 0 Å². The number of carbonyl (C=O) groups is 1. The molecule has 4 heteroatoms. The number of hydrogen-bond donors (Lipinski definition) is 1. The monoisotopic (exact) mass is 282 g/mol. The molecule has 2 aliphatic rings. The Morgan fingerprint density at radius 3 is 2.65 bits per heavy atom. The number of likely N-dealkylation sites (tertiary alicyclic amines) is 1. The molecule has 5 unspecified atom stereocenters. The van der Waals surface area contributed by atoms with Gasteiger partial charge in [-0.2, -0.15) is 0 Å². The van der Waals surface area contributed by atoms with Crippen molar-refractivity contribution in [3.63, 3.8) is 0 Å². The van der Waals surface area contributed by atoms with Crippen LogP contribution in [0.4, 0.5) is 0 Å². The summed E-state index contributed by atoms with van der Waals surface area (Å²) in [6.07, 6.45) is 3.69. The Hall–Kier alpha value is -0.610. The fourth-order valence-corrected chi connectivity index (χ4v) is 3.60. The molecule has 2 rings (SSSR count). The van der Waals surface area contributed by atoms with Crippen molar-refractivity contribution in [2.45, 2.75) is 65.2 Å². The minimum Gasteiger partial charge on any atom is -0.374 e. The summed E-state index contributed by atoms with van der Waals surface area (Å²) in [6, 6.07) is 0.470. The van der Waals surface area contributed by atoms with Gasteiger partial charge in [-0.3, -0.25) is 4.79 Å². The average Bonchev–Trinajstić information content (AvgIpc) is 2.69. The first-order valence-electron chi connectivity index (χ1n) is 8.22. The van der Waals surface area contributed by atoms with Crippen LogP contribution in [-0.4, -0.2) is 48.7 Å². The molecule has 1 N–H and O–H groups in total. The number of ether oxygens (including phenoxy) is 1. The lowest BCUT2D eigenvalue weighted by molar-refractivity contribution is -0.139. The molecule has 1 amide bonds. The molecule has 0 bridgehead atoms. The number of rotatable bonds is 4. The second kappa shape index (κ2) is 6.90.